The van der Waals surface area contributed by atoms with Gasteiger partial charge in [-0.1, -0.05) is 31.4 Å². The summed E-state index contributed by atoms with van der Waals surface area (Å²) in [5.41, 5.74) is 5.68. The Morgan fingerprint density at radius 1 is 1.29 bits per heavy atom. The zero-order valence-electron chi connectivity index (χ0n) is 13.7. The van der Waals surface area contributed by atoms with Crippen molar-refractivity contribution in [1.29, 1.82) is 0 Å². The molecule has 1 saturated carbocycles. The maximum Gasteiger partial charge on any atom is 0.251 e. The van der Waals surface area contributed by atoms with Gasteiger partial charge in [-0.25, -0.2) is 0 Å². The number of rotatable bonds is 6. The van der Waals surface area contributed by atoms with Crippen LogP contribution in [0.3, 0.4) is 0 Å². The number of para-hydroxylation sites is 1. The van der Waals surface area contributed by atoms with E-state index in [1.165, 1.54) is 0 Å². The molecule has 7 nitrogen and oxygen atoms in total. The van der Waals surface area contributed by atoms with Crippen LogP contribution in [0, 0.1) is 0 Å². The minimum atomic E-state index is -0.669. The Morgan fingerprint density at radius 2 is 2.04 bits per heavy atom. The highest BCUT2D eigenvalue weighted by Gasteiger charge is 2.37. The number of nitrogens with zero attached hydrogens (tertiary/aromatic N) is 2. The topological polar surface area (TPSA) is 103 Å². The van der Waals surface area contributed by atoms with Crippen LogP contribution >= 0.6 is 0 Å². The van der Waals surface area contributed by atoms with Gasteiger partial charge in [0, 0.05) is 0 Å². The summed E-state index contributed by atoms with van der Waals surface area (Å²) in [5, 5.41) is 11.4. The largest absolute Gasteiger partial charge is 0.496 e. The van der Waals surface area contributed by atoms with Gasteiger partial charge < -0.3 is 14.9 Å². The van der Waals surface area contributed by atoms with Crippen LogP contribution in [0.2, 0.25) is 0 Å². The molecule has 0 atom stereocenters. The number of hydrogen-bond acceptors (Lipinski definition) is 6. The van der Waals surface area contributed by atoms with Crippen molar-refractivity contribution < 1.29 is 13.9 Å². The molecular weight excluding hydrogens is 308 g/mol. The van der Waals surface area contributed by atoms with Crippen LogP contribution in [0.25, 0.3) is 11.5 Å². The highest BCUT2D eigenvalue weighted by Crippen LogP contribution is 2.30. The van der Waals surface area contributed by atoms with E-state index < -0.39 is 5.54 Å². The number of benzene rings is 1. The molecule has 0 spiro atoms. The van der Waals surface area contributed by atoms with Crippen molar-refractivity contribution in [3.63, 3.8) is 0 Å². The van der Waals surface area contributed by atoms with Crippen molar-refractivity contribution in [2.24, 2.45) is 5.73 Å². The van der Waals surface area contributed by atoms with Crippen LogP contribution < -0.4 is 15.8 Å². The molecule has 128 valence electrons. The van der Waals surface area contributed by atoms with Gasteiger partial charge >= 0.3 is 0 Å². The van der Waals surface area contributed by atoms with Gasteiger partial charge in [0.2, 0.25) is 11.8 Å². The lowest BCUT2D eigenvalue weighted by Crippen LogP contribution is -2.56. The Hall–Kier alpha value is -2.41. The van der Waals surface area contributed by atoms with Gasteiger partial charge in [-0.05, 0) is 25.0 Å². The van der Waals surface area contributed by atoms with E-state index in [4.69, 9.17) is 14.9 Å². The number of nitrogens with one attached hydrogen (secondary N) is 1. The normalized spacial score (nSPS) is 16.7. The monoisotopic (exact) mass is 330 g/mol. The number of carbonyl (C=O) groups excluding carboxylic acids is 1. The summed E-state index contributed by atoms with van der Waals surface area (Å²) in [6.07, 6.45) is 4.61. The molecule has 24 heavy (non-hydrogen) atoms. The molecule has 1 amide bonds. The molecule has 0 bridgehead atoms. The molecule has 1 aromatic heterocycles. The quantitative estimate of drug-likeness (QED) is 0.840. The highest BCUT2D eigenvalue weighted by molar-refractivity contribution is 5.84. The van der Waals surface area contributed by atoms with Crippen molar-refractivity contribution in [2.75, 3.05) is 7.11 Å². The summed E-state index contributed by atoms with van der Waals surface area (Å²) in [6.45, 7) is 0.311. The summed E-state index contributed by atoms with van der Waals surface area (Å²) in [7, 11) is 1.59. The summed E-state index contributed by atoms with van der Waals surface area (Å²) >= 11 is 0. The molecule has 0 aliphatic heterocycles. The fourth-order valence-corrected chi connectivity index (χ4v) is 3.17. The minimum absolute atomic E-state index is 0.311. The Bertz CT molecular complexity index is 707. The first kappa shape index (κ1) is 16.4. The number of methoxy groups -OCH3 is 1. The third kappa shape index (κ3) is 3.26. The van der Waals surface area contributed by atoms with Crippen LogP contribution in [0.15, 0.2) is 28.7 Å². The maximum absolute atomic E-state index is 11.9. The predicted octanol–water partition coefficient (Wildman–Crippen LogP) is 2.02. The molecule has 2 aromatic rings. The Morgan fingerprint density at radius 3 is 2.75 bits per heavy atom. The molecule has 7 heteroatoms. The van der Waals surface area contributed by atoms with Gasteiger partial charge in [0.15, 0.2) is 0 Å². The van der Waals surface area contributed by atoms with Crippen molar-refractivity contribution in [2.45, 2.75) is 44.2 Å². The minimum Gasteiger partial charge on any atom is -0.496 e. The fraction of sp³-hybridized carbons (Fsp3) is 0.471. The molecule has 1 fully saturated rings. The van der Waals surface area contributed by atoms with E-state index >= 15 is 0 Å². The zero-order valence-corrected chi connectivity index (χ0v) is 13.7. The third-order valence-corrected chi connectivity index (χ3v) is 4.56. The number of carbonyl (C=O) groups is 1. The number of aromatic nitrogens is 2. The highest BCUT2D eigenvalue weighted by atomic mass is 16.5. The predicted molar refractivity (Wildman–Crippen MR) is 88.1 cm³/mol. The zero-order chi connectivity index (χ0) is 17.0. The van der Waals surface area contributed by atoms with Crippen molar-refractivity contribution in [3.8, 4) is 17.2 Å². The maximum atomic E-state index is 11.9. The molecular formula is C17H22N4O3. The van der Waals surface area contributed by atoms with Crippen LogP contribution in [0.4, 0.5) is 0 Å². The lowest BCUT2D eigenvalue weighted by molar-refractivity contribution is -0.125. The summed E-state index contributed by atoms with van der Waals surface area (Å²) in [6, 6.07) is 7.45. The molecule has 0 radical (unpaired) electrons. The Kier molecular flexibility index (Phi) is 4.80. The van der Waals surface area contributed by atoms with Gasteiger partial charge in [-0.2, -0.15) is 0 Å². The summed E-state index contributed by atoms with van der Waals surface area (Å²) < 4.78 is 11.0. The average Bonchev–Trinajstić information content (AvgIpc) is 3.09. The van der Waals surface area contributed by atoms with Crippen LogP contribution in [0.1, 0.15) is 38.0 Å². The van der Waals surface area contributed by atoms with Crippen LogP contribution in [0.5, 0.6) is 5.75 Å². The smallest absolute Gasteiger partial charge is 0.251 e. The molecule has 1 aliphatic rings. The van der Waals surface area contributed by atoms with Crippen molar-refractivity contribution in [3.05, 3.63) is 30.2 Å². The van der Waals surface area contributed by atoms with E-state index in [1.807, 2.05) is 24.3 Å². The van der Waals surface area contributed by atoms with Gasteiger partial charge in [0.05, 0.1) is 24.8 Å². The summed E-state index contributed by atoms with van der Waals surface area (Å²) in [4.78, 5) is 11.9. The standard InChI is InChI=1S/C17H22N4O3/c1-23-13-8-4-3-7-12(13)15-21-20-14(24-15)11-19-17(16(18)22)9-5-2-6-10-17/h3-4,7-8,19H,2,5-6,9-11H2,1H3,(H2,18,22). The Balaban J connectivity index is 1.73. The van der Waals surface area contributed by atoms with Crippen LogP contribution in [-0.2, 0) is 11.3 Å². The van der Waals surface area contributed by atoms with E-state index in [0.29, 0.717) is 24.1 Å². The first-order valence-corrected chi connectivity index (χ1v) is 8.15. The van der Waals surface area contributed by atoms with Gasteiger partial charge in [-0.3, -0.25) is 10.1 Å². The van der Waals surface area contributed by atoms with Gasteiger partial charge in [0.25, 0.3) is 5.89 Å². The van der Waals surface area contributed by atoms with E-state index in [1.54, 1.807) is 7.11 Å². The lowest BCUT2D eigenvalue weighted by Gasteiger charge is -2.34. The molecule has 0 saturated heterocycles. The molecule has 3 rings (SSSR count). The van der Waals surface area contributed by atoms with Gasteiger partial charge in [0.1, 0.15) is 5.75 Å². The van der Waals surface area contributed by atoms with E-state index in [2.05, 4.69) is 15.5 Å². The molecule has 1 aliphatic carbocycles. The summed E-state index contributed by atoms with van der Waals surface area (Å²) in [5.74, 6) is 1.16. The first-order valence-electron chi connectivity index (χ1n) is 8.15. The van der Waals surface area contributed by atoms with E-state index in [9.17, 15) is 4.79 Å². The SMILES string of the molecule is COc1ccccc1-c1nnc(CNC2(C(N)=O)CCCCC2)o1. The van der Waals surface area contributed by atoms with E-state index in [-0.39, 0.29) is 5.91 Å². The van der Waals surface area contributed by atoms with Crippen molar-refractivity contribution in [1.82, 2.24) is 15.5 Å². The van der Waals surface area contributed by atoms with Crippen molar-refractivity contribution >= 4 is 5.91 Å². The molecule has 1 aromatic carbocycles. The second kappa shape index (κ2) is 7.00. The first-order chi connectivity index (χ1) is 11.6. The van der Waals surface area contributed by atoms with Gasteiger partial charge in [-0.15, -0.1) is 10.2 Å². The molecule has 0 unspecified atom stereocenters. The number of nitrogens with two attached hydrogens (primary N) is 1. The second-order valence-corrected chi connectivity index (χ2v) is 6.06. The number of amides is 1. The number of primary amides is 1. The molecule has 1 heterocycles. The number of hydrogen-bond donors (Lipinski definition) is 2. The fourth-order valence-electron chi connectivity index (χ4n) is 3.17. The average molecular weight is 330 g/mol. The third-order valence-electron chi connectivity index (χ3n) is 4.56. The molecule has 3 N–H and O–H groups in total. The van der Waals surface area contributed by atoms with Crippen LogP contribution in [-0.4, -0.2) is 28.8 Å². The Labute approximate surface area is 140 Å². The van der Waals surface area contributed by atoms with E-state index in [0.717, 1.165) is 37.7 Å². The number of ether oxygens (including phenoxy) is 1. The second-order valence-electron chi connectivity index (χ2n) is 6.06. The lowest BCUT2D eigenvalue weighted by atomic mass is 9.81.